The van der Waals surface area contributed by atoms with E-state index in [4.69, 9.17) is 11.1 Å². The smallest absolute Gasteiger partial charge is 0.123 e. The molecule has 0 aliphatic carbocycles. The second-order valence-corrected chi connectivity index (χ2v) is 5.20. The summed E-state index contributed by atoms with van der Waals surface area (Å²) in [5.41, 5.74) is 11.2. The minimum atomic E-state index is 0.119. The topological polar surface area (TPSA) is 49.9 Å². The number of amidine groups is 1. The van der Waals surface area contributed by atoms with Gasteiger partial charge in [0.1, 0.15) is 5.84 Å². The molecule has 0 bridgehead atoms. The van der Waals surface area contributed by atoms with E-state index in [0.717, 1.165) is 11.1 Å². The average molecular weight is 252 g/mol. The molecule has 19 heavy (non-hydrogen) atoms. The lowest BCUT2D eigenvalue weighted by Gasteiger charge is -2.16. The van der Waals surface area contributed by atoms with Gasteiger partial charge in [-0.3, -0.25) is 5.41 Å². The molecule has 2 aromatic carbocycles. The molecule has 0 spiro atoms. The number of nitrogen functional groups attached to an aromatic ring is 1. The van der Waals surface area contributed by atoms with E-state index in [9.17, 15) is 0 Å². The summed E-state index contributed by atoms with van der Waals surface area (Å²) >= 11 is 0. The first-order chi connectivity index (χ1) is 9.00. The summed E-state index contributed by atoms with van der Waals surface area (Å²) in [6.07, 6.45) is 0. The van der Waals surface area contributed by atoms with E-state index >= 15 is 0 Å². The minimum Gasteiger partial charge on any atom is -0.384 e. The first-order valence-electron chi connectivity index (χ1n) is 6.55. The summed E-state index contributed by atoms with van der Waals surface area (Å²) in [5, 5.41) is 7.75. The molecule has 0 saturated carbocycles. The van der Waals surface area contributed by atoms with E-state index in [2.05, 4.69) is 45.0 Å². The Morgan fingerprint density at radius 2 is 1.74 bits per heavy atom. The summed E-state index contributed by atoms with van der Waals surface area (Å²) < 4.78 is 0. The number of hydrogen-bond donors (Lipinski definition) is 2. The predicted molar refractivity (Wildman–Crippen MR) is 81.7 cm³/mol. The van der Waals surface area contributed by atoms with Gasteiger partial charge >= 0.3 is 0 Å². The molecular formula is C17H20N2. The monoisotopic (exact) mass is 252 g/mol. The SMILES string of the molecule is Cc1ccc(C(=N)N)c(-c2ccccc2C(C)C)c1. The van der Waals surface area contributed by atoms with Crippen LogP contribution in [0.15, 0.2) is 42.5 Å². The Morgan fingerprint density at radius 1 is 1.05 bits per heavy atom. The molecule has 2 aromatic rings. The fraction of sp³-hybridized carbons (Fsp3) is 0.235. The van der Waals surface area contributed by atoms with Crippen LogP contribution in [0, 0.1) is 12.3 Å². The lowest BCUT2D eigenvalue weighted by atomic mass is 9.89. The van der Waals surface area contributed by atoms with E-state index in [1.807, 2.05) is 18.2 Å². The molecule has 0 fully saturated rings. The van der Waals surface area contributed by atoms with Gasteiger partial charge in [-0.2, -0.15) is 0 Å². The first-order valence-corrected chi connectivity index (χ1v) is 6.55. The second-order valence-electron chi connectivity index (χ2n) is 5.20. The van der Waals surface area contributed by atoms with Crippen LogP contribution in [0.5, 0.6) is 0 Å². The van der Waals surface area contributed by atoms with Crippen molar-refractivity contribution in [2.24, 2.45) is 5.73 Å². The Kier molecular flexibility index (Phi) is 3.70. The van der Waals surface area contributed by atoms with Crippen molar-refractivity contribution in [1.29, 1.82) is 5.41 Å². The van der Waals surface area contributed by atoms with Gasteiger partial charge in [0.25, 0.3) is 0 Å². The standard InChI is InChI=1S/C17H20N2/c1-11(2)13-6-4-5-7-14(13)16-10-12(3)8-9-15(16)17(18)19/h4-11H,1-3H3,(H3,18,19). The van der Waals surface area contributed by atoms with Crippen molar-refractivity contribution in [2.75, 3.05) is 0 Å². The molecule has 98 valence electrons. The van der Waals surface area contributed by atoms with Gasteiger partial charge in [0.2, 0.25) is 0 Å². The third kappa shape index (κ3) is 2.68. The quantitative estimate of drug-likeness (QED) is 0.628. The Bertz CT molecular complexity index is 612. The third-order valence-electron chi connectivity index (χ3n) is 3.34. The van der Waals surface area contributed by atoms with E-state index in [0.29, 0.717) is 5.92 Å². The van der Waals surface area contributed by atoms with Gasteiger partial charge in [-0.05, 0) is 29.5 Å². The van der Waals surface area contributed by atoms with Crippen LogP contribution in [0.25, 0.3) is 11.1 Å². The number of aryl methyl sites for hydroxylation is 1. The Hall–Kier alpha value is -2.09. The van der Waals surface area contributed by atoms with E-state index in [1.54, 1.807) is 0 Å². The highest BCUT2D eigenvalue weighted by Gasteiger charge is 2.13. The zero-order valence-electron chi connectivity index (χ0n) is 11.7. The van der Waals surface area contributed by atoms with Gasteiger partial charge < -0.3 is 5.73 Å². The summed E-state index contributed by atoms with van der Waals surface area (Å²) in [6.45, 7) is 6.43. The molecule has 2 heteroatoms. The Balaban J connectivity index is 2.71. The van der Waals surface area contributed by atoms with Crippen molar-refractivity contribution in [3.05, 3.63) is 59.2 Å². The number of nitrogens with one attached hydrogen (secondary N) is 1. The molecule has 0 unspecified atom stereocenters. The van der Waals surface area contributed by atoms with Crippen LogP contribution in [-0.4, -0.2) is 5.84 Å². The van der Waals surface area contributed by atoms with E-state index in [1.165, 1.54) is 16.7 Å². The van der Waals surface area contributed by atoms with Gasteiger partial charge in [0, 0.05) is 5.56 Å². The highest BCUT2D eigenvalue weighted by Crippen LogP contribution is 2.31. The number of nitrogens with two attached hydrogens (primary N) is 1. The zero-order chi connectivity index (χ0) is 14.0. The molecule has 2 rings (SSSR count). The summed E-state index contributed by atoms with van der Waals surface area (Å²) in [4.78, 5) is 0. The Labute approximate surface area is 114 Å². The van der Waals surface area contributed by atoms with Gasteiger partial charge in [-0.15, -0.1) is 0 Å². The lowest BCUT2D eigenvalue weighted by molar-refractivity contribution is 0.869. The molecule has 0 aliphatic heterocycles. The van der Waals surface area contributed by atoms with Crippen LogP contribution in [-0.2, 0) is 0 Å². The number of rotatable bonds is 3. The van der Waals surface area contributed by atoms with Gasteiger partial charge in [0.05, 0.1) is 0 Å². The Morgan fingerprint density at radius 3 is 2.37 bits per heavy atom. The molecule has 0 aromatic heterocycles. The molecule has 0 aliphatic rings. The van der Waals surface area contributed by atoms with Crippen LogP contribution in [0.1, 0.15) is 36.5 Å². The van der Waals surface area contributed by atoms with Gasteiger partial charge in [-0.1, -0.05) is 61.9 Å². The number of benzene rings is 2. The van der Waals surface area contributed by atoms with Gasteiger partial charge in [-0.25, -0.2) is 0 Å². The number of hydrogen-bond acceptors (Lipinski definition) is 1. The van der Waals surface area contributed by atoms with Crippen molar-refractivity contribution < 1.29 is 0 Å². The fourth-order valence-electron chi connectivity index (χ4n) is 2.36. The first kappa shape index (κ1) is 13.3. The summed E-state index contributed by atoms with van der Waals surface area (Å²) in [6, 6.07) is 14.4. The van der Waals surface area contributed by atoms with Crippen molar-refractivity contribution in [1.82, 2.24) is 0 Å². The van der Waals surface area contributed by atoms with Crippen LogP contribution in [0.3, 0.4) is 0 Å². The van der Waals surface area contributed by atoms with E-state index in [-0.39, 0.29) is 5.84 Å². The highest BCUT2D eigenvalue weighted by molar-refractivity contribution is 6.02. The maximum Gasteiger partial charge on any atom is 0.123 e. The minimum absolute atomic E-state index is 0.119. The molecule has 2 nitrogen and oxygen atoms in total. The summed E-state index contributed by atoms with van der Waals surface area (Å²) in [7, 11) is 0. The van der Waals surface area contributed by atoms with Crippen LogP contribution in [0.2, 0.25) is 0 Å². The normalized spacial score (nSPS) is 10.7. The molecule has 0 radical (unpaired) electrons. The largest absolute Gasteiger partial charge is 0.384 e. The van der Waals surface area contributed by atoms with Crippen molar-refractivity contribution in [2.45, 2.75) is 26.7 Å². The summed E-state index contributed by atoms with van der Waals surface area (Å²) in [5.74, 6) is 0.560. The van der Waals surface area contributed by atoms with Crippen LogP contribution in [0.4, 0.5) is 0 Å². The van der Waals surface area contributed by atoms with Crippen molar-refractivity contribution in [3.8, 4) is 11.1 Å². The molecule has 0 atom stereocenters. The molecule has 0 heterocycles. The van der Waals surface area contributed by atoms with Crippen molar-refractivity contribution in [3.63, 3.8) is 0 Å². The molecule has 3 N–H and O–H groups in total. The molecule has 0 saturated heterocycles. The van der Waals surface area contributed by atoms with Gasteiger partial charge in [0.15, 0.2) is 0 Å². The lowest BCUT2D eigenvalue weighted by Crippen LogP contribution is -2.13. The van der Waals surface area contributed by atoms with E-state index < -0.39 is 0 Å². The molecule has 0 amide bonds. The highest BCUT2D eigenvalue weighted by atomic mass is 14.7. The third-order valence-corrected chi connectivity index (χ3v) is 3.34. The maximum atomic E-state index is 7.75. The van der Waals surface area contributed by atoms with Crippen LogP contribution < -0.4 is 5.73 Å². The zero-order valence-corrected chi connectivity index (χ0v) is 11.7. The fourth-order valence-corrected chi connectivity index (χ4v) is 2.36. The van der Waals surface area contributed by atoms with Crippen LogP contribution >= 0.6 is 0 Å². The second kappa shape index (κ2) is 5.27. The predicted octanol–water partition coefficient (Wildman–Crippen LogP) is 4.07. The average Bonchev–Trinajstić information content (AvgIpc) is 2.38. The molecular weight excluding hydrogens is 232 g/mol. The van der Waals surface area contributed by atoms with Crippen molar-refractivity contribution >= 4 is 5.84 Å². The maximum absolute atomic E-state index is 7.75.